The molecule has 0 amide bonds. The molecule has 4 atom stereocenters. The molecule has 0 aliphatic carbocycles. The van der Waals surface area contributed by atoms with E-state index in [1.807, 2.05) is 0 Å². The first kappa shape index (κ1) is 22.9. The lowest BCUT2D eigenvalue weighted by molar-refractivity contribution is -0.139. The molecule has 0 radical (unpaired) electrons. The number of hydrogen-bond donors (Lipinski definition) is 0. The average Bonchev–Trinajstić information content (AvgIpc) is 3.38. The Morgan fingerprint density at radius 2 is 1.70 bits per heavy atom. The Labute approximate surface area is 184 Å². The van der Waals surface area contributed by atoms with Crippen molar-refractivity contribution in [3.05, 3.63) is 64.7 Å². The van der Waals surface area contributed by atoms with Gasteiger partial charge in [-0.05, 0) is 42.3 Å². The molecule has 5 nitrogen and oxygen atoms in total. The summed E-state index contributed by atoms with van der Waals surface area (Å²) in [4.78, 5) is 8.40. The van der Waals surface area contributed by atoms with E-state index in [9.17, 15) is 26.3 Å². The molecule has 0 spiro atoms. The van der Waals surface area contributed by atoms with Gasteiger partial charge in [0.05, 0.1) is 18.2 Å². The van der Waals surface area contributed by atoms with Crippen molar-refractivity contribution in [2.45, 2.75) is 43.6 Å². The zero-order valence-electron chi connectivity index (χ0n) is 17.3. The molecule has 11 heteroatoms. The molecular weight excluding hydrogens is 454 g/mol. The summed E-state index contributed by atoms with van der Waals surface area (Å²) in [6.45, 7) is 1.61. The highest BCUT2D eigenvalue weighted by Crippen LogP contribution is 2.42. The minimum absolute atomic E-state index is 0.0261. The van der Waals surface area contributed by atoms with E-state index < -0.39 is 47.8 Å². The first-order valence-electron chi connectivity index (χ1n) is 9.83. The summed E-state index contributed by atoms with van der Waals surface area (Å²) < 4.78 is 96.4. The van der Waals surface area contributed by atoms with E-state index in [4.69, 9.17) is 14.2 Å². The van der Waals surface area contributed by atoms with Gasteiger partial charge in [-0.3, -0.25) is 0 Å². The van der Waals surface area contributed by atoms with Crippen molar-refractivity contribution in [2.75, 3.05) is 7.11 Å². The highest BCUT2D eigenvalue weighted by Gasteiger charge is 2.44. The Kier molecular flexibility index (Phi) is 5.75. The van der Waals surface area contributed by atoms with Crippen LogP contribution in [0.2, 0.25) is 0 Å². The summed E-state index contributed by atoms with van der Waals surface area (Å²) in [5.41, 5.74) is -1.67. The SMILES string of the molecule is COc1ccc(C2N=COC2C2=NC(c3cccc(C(F)(F)F)c3)C(C)O2)c(C(F)(F)F)c1. The van der Waals surface area contributed by atoms with Crippen LogP contribution in [0.5, 0.6) is 5.75 Å². The molecule has 4 rings (SSSR count). The van der Waals surface area contributed by atoms with Gasteiger partial charge in [-0.2, -0.15) is 26.3 Å². The summed E-state index contributed by atoms with van der Waals surface area (Å²) >= 11 is 0. The Morgan fingerprint density at radius 3 is 2.36 bits per heavy atom. The number of hydrogen-bond acceptors (Lipinski definition) is 5. The predicted molar refractivity (Wildman–Crippen MR) is 106 cm³/mol. The third-order valence-electron chi connectivity index (χ3n) is 5.42. The van der Waals surface area contributed by atoms with Gasteiger partial charge in [-0.25, -0.2) is 9.98 Å². The highest BCUT2D eigenvalue weighted by molar-refractivity contribution is 5.86. The van der Waals surface area contributed by atoms with Gasteiger partial charge in [0, 0.05) is 0 Å². The Bertz CT molecular complexity index is 1100. The van der Waals surface area contributed by atoms with Gasteiger partial charge in [0.1, 0.15) is 23.9 Å². The first-order chi connectivity index (χ1) is 15.5. The molecular formula is C22H18F6N2O3. The van der Waals surface area contributed by atoms with Crippen molar-refractivity contribution in [3.63, 3.8) is 0 Å². The van der Waals surface area contributed by atoms with Gasteiger partial charge in [-0.1, -0.05) is 18.2 Å². The van der Waals surface area contributed by atoms with Crippen LogP contribution in [0.3, 0.4) is 0 Å². The molecule has 0 saturated heterocycles. The van der Waals surface area contributed by atoms with Crippen molar-refractivity contribution in [3.8, 4) is 5.75 Å². The summed E-state index contributed by atoms with van der Waals surface area (Å²) in [6.07, 6.45) is -9.95. The minimum Gasteiger partial charge on any atom is -0.497 e. The van der Waals surface area contributed by atoms with Crippen LogP contribution < -0.4 is 4.74 Å². The fourth-order valence-corrected chi connectivity index (χ4v) is 3.83. The van der Waals surface area contributed by atoms with Gasteiger partial charge < -0.3 is 14.2 Å². The maximum absolute atomic E-state index is 13.7. The monoisotopic (exact) mass is 472 g/mol. The third-order valence-corrected chi connectivity index (χ3v) is 5.42. The van der Waals surface area contributed by atoms with E-state index >= 15 is 0 Å². The minimum atomic E-state index is -4.68. The average molecular weight is 472 g/mol. The molecule has 0 aromatic heterocycles. The molecule has 2 heterocycles. The molecule has 2 aromatic carbocycles. The van der Waals surface area contributed by atoms with Gasteiger partial charge in [-0.15, -0.1) is 0 Å². The number of ether oxygens (including phenoxy) is 3. The Balaban J connectivity index is 1.67. The fraction of sp³-hybridized carbons (Fsp3) is 0.364. The van der Waals surface area contributed by atoms with Crippen molar-refractivity contribution < 1.29 is 40.6 Å². The van der Waals surface area contributed by atoms with Gasteiger partial charge in [0.25, 0.3) is 0 Å². The molecule has 4 unspecified atom stereocenters. The summed E-state index contributed by atoms with van der Waals surface area (Å²) in [5, 5.41) is 0. The van der Waals surface area contributed by atoms with E-state index in [1.54, 1.807) is 6.92 Å². The van der Waals surface area contributed by atoms with Crippen LogP contribution in [0.4, 0.5) is 26.3 Å². The zero-order valence-corrected chi connectivity index (χ0v) is 17.3. The van der Waals surface area contributed by atoms with Crippen LogP contribution in [0.1, 0.15) is 41.3 Å². The van der Waals surface area contributed by atoms with Crippen molar-refractivity contribution in [1.29, 1.82) is 0 Å². The molecule has 2 aliphatic rings. The van der Waals surface area contributed by atoms with Gasteiger partial charge >= 0.3 is 12.4 Å². The lowest BCUT2D eigenvalue weighted by Crippen LogP contribution is -2.29. The predicted octanol–water partition coefficient (Wildman–Crippen LogP) is 5.76. The Morgan fingerprint density at radius 1 is 0.939 bits per heavy atom. The summed E-state index contributed by atoms with van der Waals surface area (Å²) in [7, 11) is 1.26. The van der Waals surface area contributed by atoms with Crippen molar-refractivity contribution in [2.24, 2.45) is 9.98 Å². The summed E-state index contributed by atoms with van der Waals surface area (Å²) in [6, 6.07) is 6.27. The summed E-state index contributed by atoms with van der Waals surface area (Å²) in [5.74, 6) is -0.00503. The maximum atomic E-state index is 13.7. The van der Waals surface area contributed by atoms with Crippen LogP contribution >= 0.6 is 0 Å². The van der Waals surface area contributed by atoms with E-state index in [2.05, 4.69) is 9.98 Å². The lowest BCUT2D eigenvalue weighted by atomic mass is 9.96. The van der Waals surface area contributed by atoms with Gasteiger partial charge in [0.2, 0.25) is 12.0 Å². The van der Waals surface area contributed by atoms with Crippen molar-refractivity contribution >= 4 is 12.3 Å². The van der Waals surface area contributed by atoms with Crippen molar-refractivity contribution in [1.82, 2.24) is 0 Å². The van der Waals surface area contributed by atoms with Crippen LogP contribution in [0.15, 0.2) is 52.4 Å². The quantitative estimate of drug-likeness (QED) is 0.532. The van der Waals surface area contributed by atoms with Crippen LogP contribution in [0, 0.1) is 0 Å². The topological polar surface area (TPSA) is 52.4 Å². The highest BCUT2D eigenvalue weighted by atomic mass is 19.4. The van der Waals surface area contributed by atoms with E-state index in [-0.39, 0.29) is 22.8 Å². The second kappa shape index (κ2) is 8.27. The smallest absolute Gasteiger partial charge is 0.416 e. The number of methoxy groups -OCH3 is 1. The number of halogens is 6. The number of rotatable bonds is 4. The molecule has 2 aromatic rings. The Hall–Kier alpha value is -3.24. The lowest BCUT2D eigenvalue weighted by Gasteiger charge is -2.21. The van der Waals surface area contributed by atoms with Gasteiger partial charge in [0.15, 0.2) is 6.40 Å². The molecule has 0 bridgehead atoms. The zero-order chi connectivity index (χ0) is 24.0. The van der Waals surface area contributed by atoms with E-state index in [1.165, 1.54) is 31.4 Å². The second-order valence-electron chi connectivity index (χ2n) is 7.57. The second-order valence-corrected chi connectivity index (χ2v) is 7.57. The standard InChI is InChI=1S/C22H18F6N2O3/c1-11-17(12-4-3-5-13(8-12)21(23,24)25)30-20(33-11)19-18(29-10-32-19)15-7-6-14(31-2)9-16(15)22(26,27)28/h3-11,17-19H,1-2H3. The number of aliphatic imine (C=N–C) groups is 2. The molecule has 0 fully saturated rings. The van der Waals surface area contributed by atoms with Crippen LogP contribution in [0.25, 0.3) is 0 Å². The first-order valence-corrected chi connectivity index (χ1v) is 9.83. The molecule has 0 N–H and O–H groups in total. The van der Waals surface area contributed by atoms with Crippen LogP contribution in [-0.4, -0.2) is 31.6 Å². The molecule has 2 aliphatic heterocycles. The third kappa shape index (κ3) is 4.49. The molecule has 176 valence electrons. The number of alkyl halides is 6. The van der Waals surface area contributed by atoms with E-state index in [0.717, 1.165) is 24.6 Å². The molecule has 0 saturated carbocycles. The van der Waals surface area contributed by atoms with Crippen LogP contribution in [-0.2, 0) is 21.8 Å². The largest absolute Gasteiger partial charge is 0.497 e. The maximum Gasteiger partial charge on any atom is 0.416 e. The fourth-order valence-electron chi connectivity index (χ4n) is 3.83. The molecule has 33 heavy (non-hydrogen) atoms. The number of nitrogens with zero attached hydrogens (tertiary/aromatic N) is 2. The number of benzene rings is 2. The van der Waals surface area contributed by atoms with E-state index in [0.29, 0.717) is 0 Å². The normalized spacial score (nSPS) is 24.9.